The number of aromatic nitrogens is 2. The summed E-state index contributed by atoms with van der Waals surface area (Å²) in [5.41, 5.74) is 10.1. The van der Waals surface area contributed by atoms with E-state index in [1.165, 1.54) is 5.56 Å². The molecule has 1 aromatic carbocycles. The van der Waals surface area contributed by atoms with E-state index in [1.807, 2.05) is 26.1 Å². The van der Waals surface area contributed by atoms with E-state index in [4.69, 9.17) is 5.73 Å². The third-order valence-corrected chi connectivity index (χ3v) is 4.31. The zero-order valence-electron chi connectivity index (χ0n) is 12.3. The normalized spacial score (nSPS) is 11.0. The maximum Gasteiger partial charge on any atom is 0.101 e. The summed E-state index contributed by atoms with van der Waals surface area (Å²) in [6, 6.07) is 10.3. The Balaban J connectivity index is 2.12. The van der Waals surface area contributed by atoms with E-state index < -0.39 is 0 Å². The first kappa shape index (κ1) is 13.9. The molecular formula is C17H17N3S. The van der Waals surface area contributed by atoms with E-state index in [-0.39, 0.29) is 0 Å². The van der Waals surface area contributed by atoms with Crippen LogP contribution >= 0.6 is 11.8 Å². The van der Waals surface area contributed by atoms with Gasteiger partial charge in [0.1, 0.15) is 5.03 Å². The van der Waals surface area contributed by atoms with Crippen molar-refractivity contribution in [3.8, 4) is 0 Å². The van der Waals surface area contributed by atoms with Gasteiger partial charge in [-0.2, -0.15) is 0 Å². The topological polar surface area (TPSA) is 51.8 Å². The van der Waals surface area contributed by atoms with Crippen LogP contribution in [0.1, 0.15) is 17.0 Å². The lowest BCUT2D eigenvalue weighted by atomic mass is 10.1. The highest BCUT2D eigenvalue weighted by molar-refractivity contribution is 7.99. The summed E-state index contributed by atoms with van der Waals surface area (Å²) in [5.74, 6) is 0. The van der Waals surface area contributed by atoms with Crippen LogP contribution in [0.15, 0.2) is 46.5 Å². The molecular weight excluding hydrogens is 278 g/mol. The van der Waals surface area contributed by atoms with Gasteiger partial charge < -0.3 is 5.73 Å². The molecule has 0 radical (unpaired) electrons. The van der Waals surface area contributed by atoms with Crippen LogP contribution in [0.2, 0.25) is 0 Å². The third-order valence-electron chi connectivity index (χ3n) is 3.32. The van der Waals surface area contributed by atoms with Crippen LogP contribution in [-0.4, -0.2) is 9.97 Å². The average molecular weight is 295 g/mol. The lowest BCUT2D eigenvalue weighted by Crippen LogP contribution is -1.92. The minimum absolute atomic E-state index is 0.759. The van der Waals surface area contributed by atoms with E-state index in [1.54, 1.807) is 11.8 Å². The zero-order chi connectivity index (χ0) is 15.0. The van der Waals surface area contributed by atoms with Crippen molar-refractivity contribution in [1.29, 1.82) is 0 Å². The van der Waals surface area contributed by atoms with Gasteiger partial charge in [0.15, 0.2) is 0 Å². The number of benzene rings is 1. The number of hydrogen-bond acceptors (Lipinski definition) is 4. The molecule has 0 unspecified atom stereocenters. The Morgan fingerprint density at radius 2 is 1.76 bits per heavy atom. The Hall–Kier alpha value is -2.07. The van der Waals surface area contributed by atoms with Crippen LogP contribution in [0.25, 0.3) is 10.8 Å². The monoisotopic (exact) mass is 295 g/mol. The van der Waals surface area contributed by atoms with Crippen LogP contribution < -0.4 is 5.73 Å². The molecule has 0 aliphatic rings. The molecule has 0 saturated carbocycles. The number of fused-ring (bicyclic) bond motifs is 1. The highest BCUT2D eigenvalue weighted by Crippen LogP contribution is 2.35. The molecule has 0 atom stereocenters. The van der Waals surface area contributed by atoms with Crippen molar-refractivity contribution < 1.29 is 0 Å². The average Bonchev–Trinajstić information content (AvgIpc) is 2.41. The molecule has 0 bridgehead atoms. The van der Waals surface area contributed by atoms with Crippen LogP contribution in [0.3, 0.4) is 0 Å². The molecule has 0 fully saturated rings. The first-order valence-corrected chi connectivity index (χ1v) is 7.62. The Morgan fingerprint density at radius 3 is 2.52 bits per heavy atom. The van der Waals surface area contributed by atoms with Gasteiger partial charge in [0, 0.05) is 38.9 Å². The van der Waals surface area contributed by atoms with Crippen LogP contribution in [0.5, 0.6) is 0 Å². The van der Waals surface area contributed by atoms with Crippen LogP contribution in [0.4, 0.5) is 5.69 Å². The molecule has 106 valence electrons. The second kappa shape index (κ2) is 5.37. The number of nitrogens with two attached hydrogens (primary N) is 1. The van der Waals surface area contributed by atoms with Gasteiger partial charge in [-0.05, 0) is 56.7 Å². The van der Waals surface area contributed by atoms with Crippen molar-refractivity contribution in [3.05, 3.63) is 53.5 Å². The van der Waals surface area contributed by atoms with Gasteiger partial charge >= 0.3 is 0 Å². The SMILES string of the molecule is Cc1cc(C)nc(Sc2ccc(N)c3cnc(C)cc23)c1. The smallest absolute Gasteiger partial charge is 0.101 e. The largest absolute Gasteiger partial charge is 0.398 e. The van der Waals surface area contributed by atoms with Crippen molar-refractivity contribution in [2.24, 2.45) is 0 Å². The molecule has 0 saturated heterocycles. The standard InChI is InChI=1S/C17H17N3S/c1-10-6-12(3)20-17(7-10)21-16-5-4-15(18)14-9-19-11(2)8-13(14)16/h4-9H,18H2,1-3H3. The molecule has 0 aliphatic carbocycles. The number of rotatable bonds is 2. The predicted octanol–water partition coefficient (Wildman–Crippen LogP) is 4.29. The number of hydrogen-bond donors (Lipinski definition) is 1. The van der Waals surface area contributed by atoms with Gasteiger partial charge in [0.25, 0.3) is 0 Å². The molecule has 0 amide bonds. The number of aryl methyl sites for hydroxylation is 3. The number of nitrogens with zero attached hydrogens (tertiary/aromatic N) is 2. The fraction of sp³-hybridized carbons (Fsp3) is 0.176. The number of anilines is 1. The summed E-state index contributed by atoms with van der Waals surface area (Å²) in [7, 11) is 0. The van der Waals surface area contributed by atoms with Gasteiger partial charge in [-0.15, -0.1) is 0 Å². The van der Waals surface area contributed by atoms with E-state index in [0.717, 1.165) is 37.8 Å². The van der Waals surface area contributed by atoms with Gasteiger partial charge in [-0.25, -0.2) is 4.98 Å². The quantitative estimate of drug-likeness (QED) is 0.717. The van der Waals surface area contributed by atoms with E-state index in [9.17, 15) is 0 Å². The summed E-state index contributed by atoms with van der Waals surface area (Å²) in [6.07, 6.45) is 1.85. The lowest BCUT2D eigenvalue weighted by molar-refractivity contribution is 1.05. The molecule has 3 nitrogen and oxygen atoms in total. The fourth-order valence-electron chi connectivity index (χ4n) is 2.40. The fourth-order valence-corrected chi connectivity index (χ4v) is 3.47. The summed E-state index contributed by atoms with van der Waals surface area (Å²) in [6.45, 7) is 6.10. The molecule has 0 aliphatic heterocycles. The highest BCUT2D eigenvalue weighted by atomic mass is 32.2. The van der Waals surface area contributed by atoms with Crippen molar-refractivity contribution in [3.63, 3.8) is 0 Å². The number of nitrogen functional groups attached to an aromatic ring is 1. The van der Waals surface area contributed by atoms with Crippen molar-refractivity contribution in [2.45, 2.75) is 30.7 Å². The molecule has 21 heavy (non-hydrogen) atoms. The number of pyridine rings is 2. The van der Waals surface area contributed by atoms with E-state index in [2.05, 4.69) is 41.2 Å². The predicted molar refractivity (Wildman–Crippen MR) is 88.7 cm³/mol. The minimum atomic E-state index is 0.759. The van der Waals surface area contributed by atoms with Gasteiger partial charge in [-0.1, -0.05) is 11.8 Å². The van der Waals surface area contributed by atoms with Gasteiger partial charge in [0.05, 0.1) is 0 Å². The molecule has 3 aromatic rings. The summed E-state index contributed by atoms with van der Waals surface area (Å²) >= 11 is 1.67. The maximum atomic E-state index is 6.05. The molecule has 0 spiro atoms. The van der Waals surface area contributed by atoms with Crippen molar-refractivity contribution in [1.82, 2.24) is 9.97 Å². The van der Waals surface area contributed by atoms with Crippen molar-refractivity contribution >= 4 is 28.2 Å². The Morgan fingerprint density at radius 1 is 0.952 bits per heavy atom. The second-order valence-corrected chi connectivity index (χ2v) is 6.31. The van der Waals surface area contributed by atoms with Crippen LogP contribution in [-0.2, 0) is 0 Å². The summed E-state index contributed by atoms with van der Waals surface area (Å²) in [5, 5.41) is 3.14. The maximum absolute atomic E-state index is 6.05. The second-order valence-electron chi connectivity index (χ2n) is 5.25. The lowest BCUT2D eigenvalue weighted by Gasteiger charge is -2.09. The van der Waals surface area contributed by atoms with Gasteiger partial charge in [-0.3, -0.25) is 4.98 Å². The Bertz CT molecular complexity index is 807. The first-order valence-electron chi connectivity index (χ1n) is 6.81. The molecule has 3 rings (SSSR count). The van der Waals surface area contributed by atoms with Gasteiger partial charge in [0.2, 0.25) is 0 Å². The zero-order valence-corrected chi connectivity index (χ0v) is 13.2. The third kappa shape index (κ3) is 2.85. The molecule has 2 aromatic heterocycles. The molecule has 2 N–H and O–H groups in total. The Labute approximate surface area is 128 Å². The molecule has 4 heteroatoms. The van der Waals surface area contributed by atoms with Crippen LogP contribution in [0, 0.1) is 20.8 Å². The van der Waals surface area contributed by atoms with E-state index in [0.29, 0.717) is 0 Å². The summed E-state index contributed by atoms with van der Waals surface area (Å²) < 4.78 is 0. The Kier molecular flexibility index (Phi) is 3.55. The summed E-state index contributed by atoms with van der Waals surface area (Å²) in [4.78, 5) is 10.1. The molecule has 2 heterocycles. The highest BCUT2D eigenvalue weighted by Gasteiger charge is 2.08. The van der Waals surface area contributed by atoms with E-state index >= 15 is 0 Å². The van der Waals surface area contributed by atoms with Crippen molar-refractivity contribution in [2.75, 3.05) is 5.73 Å². The first-order chi connectivity index (χ1) is 10.0. The minimum Gasteiger partial charge on any atom is -0.398 e.